The summed E-state index contributed by atoms with van der Waals surface area (Å²) in [5.74, 6) is 1.95. The fourth-order valence-electron chi connectivity index (χ4n) is 3.37. The van der Waals surface area contributed by atoms with E-state index in [1.807, 2.05) is 4.52 Å². The number of nitrogens with zero attached hydrogens (tertiary/aromatic N) is 4. The van der Waals surface area contributed by atoms with Crippen LogP contribution in [0, 0.1) is 13.8 Å². The molecule has 1 saturated carbocycles. The molecule has 3 aromatic heterocycles. The molecule has 0 unspecified atom stereocenters. The average Bonchev–Trinajstić information content (AvgIpc) is 3.17. The van der Waals surface area contributed by atoms with Crippen molar-refractivity contribution in [2.24, 2.45) is 0 Å². The quantitative estimate of drug-likeness (QED) is 0.555. The molecule has 0 spiro atoms. The molecule has 0 N–H and O–H groups in total. The van der Waals surface area contributed by atoms with Gasteiger partial charge in [0.1, 0.15) is 11.2 Å². The lowest BCUT2D eigenvalue weighted by atomic mass is 10.1. The highest BCUT2D eigenvalue weighted by molar-refractivity contribution is 7.18. The van der Waals surface area contributed by atoms with Crippen molar-refractivity contribution in [2.75, 3.05) is 0 Å². The monoisotopic (exact) mass is 320 g/mol. The van der Waals surface area contributed by atoms with Crippen molar-refractivity contribution < 1.29 is 0 Å². The lowest BCUT2D eigenvalue weighted by Crippen LogP contribution is -1.91. The predicted octanol–water partition coefficient (Wildman–Crippen LogP) is 4.23. The van der Waals surface area contributed by atoms with E-state index in [0.29, 0.717) is 11.8 Å². The molecule has 0 saturated heterocycles. The van der Waals surface area contributed by atoms with Crippen molar-refractivity contribution in [1.82, 2.24) is 19.6 Å². The second-order valence-corrected chi connectivity index (χ2v) is 7.51. The van der Waals surface area contributed by atoms with Crippen molar-refractivity contribution in [3.63, 3.8) is 0 Å². The number of rotatable bonds is 2. The van der Waals surface area contributed by atoms with Crippen LogP contribution < -0.4 is 0 Å². The normalized spacial score (nSPS) is 20.4. The van der Waals surface area contributed by atoms with Gasteiger partial charge < -0.3 is 0 Å². The van der Waals surface area contributed by atoms with E-state index in [9.17, 15) is 0 Å². The highest BCUT2D eigenvalue weighted by Crippen LogP contribution is 2.53. The first-order valence-electron chi connectivity index (χ1n) is 7.88. The van der Waals surface area contributed by atoms with Gasteiger partial charge in [-0.25, -0.2) is 14.5 Å². The minimum Gasteiger partial charge on any atom is -0.225 e. The highest BCUT2D eigenvalue weighted by Gasteiger charge is 2.42. The van der Waals surface area contributed by atoms with E-state index in [1.165, 1.54) is 16.0 Å². The summed E-state index contributed by atoms with van der Waals surface area (Å²) in [5, 5.41) is 5.86. The number of benzene rings is 1. The number of fused-ring (bicyclic) bond motifs is 3. The molecule has 114 valence electrons. The van der Waals surface area contributed by atoms with Crippen molar-refractivity contribution in [1.29, 1.82) is 0 Å². The SMILES string of the molecule is Cc1sc2ncn3nc([C@H]4C[C@@H]4c4ccccc4)nc3c2c1C. The maximum atomic E-state index is 4.87. The molecule has 2 atom stereocenters. The van der Waals surface area contributed by atoms with Gasteiger partial charge in [0.15, 0.2) is 11.5 Å². The molecule has 4 aromatic rings. The largest absolute Gasteiger partial charge is 0.225 e. The predicted molar refractivity (Wildman–Crippen MR) is 92.2 cm³/mol. The van der Waals surface area contributed by atoms with Gasteiger partial charge in [-0.1, -0.05) is 30.3 Å². The topological polar surface area (TPSA) is 43.1 Å². The zero-order valence-corrected chi connectivity index (χ0v) is 13.8. The molecule has 1 aliphatic carbocycles. The van der Waals surface area contributed by atoms with Gasteiger partial charge in [-0.2, -0.15) is 0 Å². The molecule has 3 heterocycles. The molecule has 1 aliphatic rings. The third-order valence-corrected chi connectivity index (χ3v) is 5.99. The van der Waals surface area contributed by atoms with Gasteiger partial charge in [-0.05, 0) is 37.3 Å². The first-order valence-corrected chi connectivity index (χ1v) is 8.70. The summed E-state index contributed by atoms with van der Waals surface area (Å²) in [6.07, 6.45) is 2.93. The van der Waals surface area contributed by atoms with E-state index in [2.05, 4.69) is 49.2 Å². The van der Waals surface area contributed by atoms with Gasteiger partial charge >= 0.3 is 0 Å². The average molecular weight is 320 g/mol. The standard InChI is InChI=1S/C18H16N4S/c1-10-11(2)23-18-15(10)17-20-16(21-22(17)9-19-18)14-8-13(14)12-6-4-3-5-7-12/h3-7,9,13-14H,8H2,1-2H3/t13-,14+/m1/s1. The Bertz CT molecular complexity index is 1030. The van der Waals surface area contributed by atoms with Gasteiger partial charge in [0.2, 0.25) is 0 Å². The van der Waals surface area contributed by atoms with Crippen LogP contribution in [0.15, 0.2) is 36.7 Å². The van der Waals surface area contributed by atoms with Crippen molar-refractivity contribution in [3.05, 3.63) is 58.5 Å². The molecule has 0 bridgehead atoms. The number of hydrogen-bond donors (Lipinski definition) is 0. The molecule has 1 aromatic carbocycles. The van der Waals surface area contributed by atoms with Gasteiger partial charge in [0, 0.05) is 10.8 Å². The smallest absolute Gasteiger partial charge is 0.167 e. The maximum absolute atomic E-state index is 4.87. The Morgan fingerprint density at radius 2 is 1.96 bits per heavy atom. The summed E-state index contributed by atoms with van der Waals surface area (Å²) in [6.45, 7) is 4.29. The Kier molecular flexibility index (Phi) is 2.65. The van der Waals surface area contributed by atoms with Gasteiger partial charge in [-0.3, -0.25) is 0 Å². The Morgan fingerprint density at radius 3 is 2.78 bits per heavy atom. The van der Waals surface area contributed by atoms with E-state index in [-0.39, 0.29) is 0 Å². The summed E-state index contributed by atoms with van der Waals surface area (Å²) in [6, 6.07) is 10.7. The summed E-state index contributed by atoms with van der Waals surface area (Å²) in [4.78, 5) is 11.8. The molecule has 0 aliphatic heterocycles. The molecular formula is C18H16N4S. The fraction of sp³-hybridized carbons (Fsp3) is 0.278. The minimum atomic E-state index is 0.437. The highest BCUT2D eigenvalue weighted by atomic mass is 32.1. The summed E-state index contributed by atoms with van der Waals surface area (Å²) in [7, 11) is 0. The second kappa shape index (κ2) is 4.61. The lowest BCUT2D eigenvalue weighted by Gasteiger charge is -1.96. The molecule has 23 heavy (non-hydrogen) atoms. The molecule has 5 rings (SSSR count). The summed E-state index contributed by atoms with van der Waals surface area (Å²) >= 11 is 1.73. The Morgan fingerprint density at radius 1 is 1.13 bits per heavy atom. The third-order valence-electron chi connectivity index (χ3n) is 4.87. The lowest BCUT2D eigenvalue weighted by molar-refractivity contribution is 0.850. The van der Waals surface area contributed by atoms with Crippen molar-refractivity contribution in [3.8, 4) is 0 Å². The van der Waals surface area contributed by atoms with E-state index in [4.69, 9.17) is 10.1 Å². The Balaban J connectivity index is 1.60. The number of thiophene rings is 1. The van der Waals surface area contributed by atoms with Gasteiger partial charge in [-0.15, -0.1) is 16.4 Å². The minimum absolute atomic E-state index is 0.437. The molecule has 5 heteroatoms. The van der Waals surface area contributed by atoms with Crippen LogP contribution in [-0.2, 0) is 0 Å². The number of aromatic nitrogens is 4. The van der Waals surface area contributed by atoms with Crippen LogP contribution >= 0.6 is 11.3 Å². The van der Waals surface area contributed by atoms with Crippen LogP contribution in [-0.4, -0.2) is 19.6 Å². The van der Waals surface area contributed by atoms with Crippen LogP contribution in [0.5, 0.6) is 0 Å². The van der Waals surface area contributed by atoms with Crippen molar-refractivity contribution >= 4 is 27.2 Å². The fourth-order valence-corrected chi connectivity index (χ4v) is 4.36. The van der Waals surface area contributed by atoms with Crippen LogP contribution in [0.1, 0.15) is 40.1 Å². The van der Waals surface area contributed by atoms with Crippen molar-refractivity contribution in [2.45, 2.75) is 32.1 Å². The molecule has 4 nitrogen and oxygen atoms in total. The Hall–Kier alpha value is -2.27. The number of hydrogen-bond acceptors (Lipinski definition) is 4. The molecule has 0 amide bonds. The van der Waals surface area contributed by atoms with Crippen LogP contribution in [0.4, 0.5) is 0 Å². The third kappa shape index (κ3) is 1.93. The van der Waals surface area contributed by atoms with E-state index in [0.717, 1.165) is 28.1 Å². The van der Waals surface area contributed by atoms with Crippen LogP contribution in [0.2, 0.25) is 0 Å². The first kappa shape index (κ1) is 13.2. The molecular weight excluding hydrogens is 304 g/mol. The van der Waals surface area contributed by atoms with Crippen LogP contribution in [0.3, 0.4) is 0 Å². The van der Waals surface area contributed by atoms with E-state index < -0.39 is 0 Å². The van der Waals surface area contributed by atoms with Crippen LogP contribution in [0.25, 0.3) is 15.9 Å². The Labute approximate surface area is 137 Å². The van der Waals surface area contributed by atoms with Gasteiger partial charge in [0.05, 0.1) is 5.39 Å². The zero-order chi connectivity index (χ0) is 15.6. The molecule has 0 radical (unpaired) electrons. The maximum Gasteiger partial charge on any atom is 0.167 e. The summed E-state index contributed by atoms with van der Waals surface area (Å²) in [5.41, 5.74) is 3.62. The van der Waals surface area contributed by atoms with E-state index in [1.54, 1.807) is 17.7 Å². The summed E-state index contributed by atoms with van der Waals surface area (Å²) < 4.78 is 1.84. The molecule has 1 fully saturated rings. The first-order chi connectivity index (χ1) is 11.2. The van der Waals surface area contributed by atoms with E-state index >= 15 is 0 Å². The number of aryl methyl sites for hydroxylation is 2. The second-order valence-electron chi connectivity index (χ2n) is 6.31. The van der Waals surface area contributed by atoms with Gasteiger partial charge in [0.25, 0.3) is 0 Å². The zero-order valence-electron chi connectivity index (χ0n) is 13.0.